The molecule has 5 rings (SSSR count). The second-order valence-electron chi connectivity index (χ2n) is 6.74. The van der Waals surface area contributed by atoms with Gasteiger partial charge in [-0.3, -0.25) is 9.69 Å². The molecule has 2 bridgehead atoms. The van der Waals surface area contributed by atoms with Crippen LogP contribution in [0.2, 0.25) is 0 Å². The maximum atomic E-state index is 12.8. The first-order valence-corrected chi connectivity index (χ1v) is 9.47. The molecular weight excluding hydrogens is 379 g/mol. The number of nitrogens with zero attached hydrogens (tertiary/aromatic N) is 4. The van der Waals surface area contributed by atoms with Gasteiger partial charge in [0.15, 0.2) is 0 Å². The fourth-order valence-electron chi connectivity index (χ4n) is 3.63. The van der Waals surface area contributed by atoms with Crippen molar-refractivity contribution in [2.45, 2.75) is 31.2 Å². The Hall–Kier alpha value is -2.20. The molecule has 2 aromatic heterocycles. The van der Waals surface area contributed by atoms with Crippen LogP contribution in [0.4, 0.5) is 19.0 Å². The average molecular weight is 397 g/mol. The minimum absolute atomic E-state index is 0.0343. The topological polar surface area (TPSA) is 61.4 Å². The van der Waals surface area contributed by atoms with Crippen molar-refractivity contribution in [2.75, 3.05) is 24.5 Å². The van der Waals surface area contributed by atoms with E-state index < -0.39 is 11.9 Å². The molecule has 5 heterocycles. The van der Waals surface area contributed by atoms with Crippen LogP contribution in [-0.4, -0.2) is 52.5 Å². The van der Waals surface area contributed by atoms with Gasteiger partial charge in [-0.25, -0.2) is 9.97 Å². The quantitative estimate of drug-likeness (QED) is 0.838. The zero-order valence-electron chi connectivity index (χ0n) is 14.3. The third kappa shape index (κ3) is 3.91. The van der Waals surface area contributed by atoms with Crippen LogP contribution >= 0.6 is 11.3 Å². The van der Waals surface area contributed by atoms with Crippen molar-refractivity contribution >= 4 is 23.1 Å². The van der Waals surface area contributed by atoms with Gasteiger partial charge in [0.05, 0.1) is 13.1 Å². The largest absolute Gasteiger partial charge is 0.433 e. The molecule has 27 heavy (non-hydrogen) atoms. The summed E-state index contributed by atoms with van der Waals surface area (Å²) in [5, 5.41) is 4.88. The molecule has 0 saturated carbocycles. The normalized spacial score (nSPS) is 22.4. The number of aromatic nitrogens is 2. The maximum absolute atomic E-state index is 12.8. The lowest BCUT2D eigenvalue weighted by Crippen LogP contribution is -2.70. The fourth-order valence-corrected chi connectivity index (χ4v) is 4.27. The Kier molecular flexibility index (Phi) is 4.77. The van der Waals surface area contributed by atoms with E-state index in [4.69, 9.17) is 0 Å². The number of fused-ring (bicyclic) bond motifs is 2. The molecule has 3 aliphatic heterocycles. The molecule has 0 radical (unpaired) electrons. The molecular formula is C17H18F3N5OS. The number of thiophene rings is 1. The summed E-state index contributed by atoms with van der Waals surface area (Å²) in [6.45, 7) is 1.95. The minimum atomic E-state index is -4.48. The number of hydrogen-bond acceptors (Lipinski definition) is 6. The lowest BCUT2D eigenvalue weighted by Gasteiger charge is -2.56. The molecule has 144 valence electrons. The zero-order chi connectivity index (χ0) is 19.0. The van der Waals surface area contributed by atoms with E-state index in [1.807, 2.05) is 22.4 Å². The van der Waals surface area contributed by atoms with Crippen LogP contribution in [0, 0.1) is 0 Å². The summed E-state index contributed by atoms with van der Waals surface area (Å²) >= 11 is 1.59. The average Bonchev–Trinajstić information content (AvgIpc) is 3.17. The van der Waals surface area contributed by atoms with E-state index in [1.165, 1.54) is 0 Å². The summed E-state index contributed by atoms with van der Waals surface area (Å²) in [7, 11) is 0. The molecule has 2 aromatic rings. The van der Waals surface area contributed by atoms with E-state index in [0.29, 0.717) is 26.2 Å². The van der Waals surface area contributed by atoms with Crippen molar-refractivity contribution in [3.63, 3.8) is 0 Å². The van der Waals surface area contributed by atoms with E-state index in [-0.39, 0.29) is 23.8 Å². The highest BCUT2D eigenvalue weighted by molar-refractivity contribution is 7.09. The molecule has 1 amide bonds. The lowest BCUT2D eigenvalue weighted by atomic mass is 9.87. The molecule has 2 unspecified atom stereocenters. The molecule has 1 N–H and O–H groups in total. The van der Waals surface area contributed by atoms with E-state index in [9.17, 15) is 18.0 Å². The first kappa shape index (κ1) is 18.2. The van der Waals surface area contributed by atoms with Crippen molar-refractivity contribution in [3.05, 3.63) is 40.5 Å². The van der Waals surface area contributed by atoms with Crippen LogP contribution in [0.25, 0.3) is 0 Å². The Labute approximate surface area is 158 Å². The van der Waals surface area contributed by atoms with Gasteiger partial charge < -0.3 is 10.2 Å². The first-order valence-electron chi connectivity index (χ1n) is 8.59. The molecule has 0 spiro atoms. The summed E-state index contributed by atoms with van der Waals surface area (Å²) < 4.78 is 38.5. The number of hydrogen-bond donors (Lipinski definition) is 1. The monoisotopic (exact) mass is 397 g/mol. The Bertz CT molecular complexity index is 801. The van der Waals surface area contributed by atoms with Gasteiger partial charge in [0.2, 0.25) is 5.91 Å². The van der Waals surface area contributed by atoms with Gasteiger partial charge in [0.1, 0.15) is 17.8 Å². The number of halogens is 3. The predicted molar refractivity (Wildman–Crippen MR) is 94.3 cm³/mol. The summed E-state index contributed by atoms with van der Waals surface area (Å²) in [6, 6.07) is 5.21. The van der Waals surface area contributed by atoms with Gasteiger partial charge in [-0.05, 0) is 17.9 Å². The number of carbonyl (C=O) groups is 1. The van der Waals surface area contributed by atoms with Crippen LogP contribution in [0.15, 0.2) is 29.9 Å². The van der Waals surface area contributed by atoms with Crippen LogP contribution in [0.5, 0.6) is 0 Å². The molecule has 3 saturated heterocycles. The Balaban J connectivity index is 1.32. The van der Waals surface area contributed by atoms with Crippen LogP contribution in [-0.2, 0) is 17.5 Å². The van der Waals surface area contributed by atoms with Gasteiger partial charge in [-0.15, -0.1) is 11.3 Å². The number of carbonyl (C=O) groups excluding carboxylic acids is 1. The predicted octanol–water partition coefficient (Wildman–Crippen LogP) is 2.14. The Morgan fingerprint density at radius 2 is 2.07 bits per heavy atom. The third-order valence-electron chi connectivity index (χ3n) is 4.98. The molecule has 10 heteroatoms. The highest BCUT2D eigenvalue weighted by Gasteiger charge is 2.45. The summed E-state index contributed by atoms with van der Waals surface area (Å²) in [6.07, 6.45) is -2.58. The second-order valence-corrected chi connectivity index (χ2v) is 7.77. The van der Waals surface area contributed by atoms with Gasteiger partial charge in [0.25, 0.3) is 0 Å². The van der Waals surface area contributed by atoms with Crippen molar-refractivity contribution in [2.24, 2.45) is 0 Å². The van der Waals surface area contributed by atoms with E-state index in [2.05, 4.69) is 20.2 Å². The molecule has 0 aliphatic carbocycles. The molecule has 3 fully saturated rings. The van der Waals surface area contributed by atoms with Crippen molar-refractivity contribution in [1.29, 1.82) is 0 Å². The van der Waals surface area contributed by atoms with Crippen LogP contribution < -0.4 is 10.2 Å². The number of nitrogens with one attached hydrogen (secondary N) is 1. The fraction of sp³-hybridized carbons (Fsp3) is 0.471. The number of piperazine rings is 1. The standard InChI is InChI=1S/C17H18F3N5OS/c18-17(19,20)14-5-15(23-10-22-14)24-7-11-4-12(8-24)25(11)9-16(26)21-6-13-2-1-3-27-13/h1-3,5,10-12H,4,6-9H2,(H,21,26). The Morgan fingerprint density at radius 1 is 1.30 bits per heavy atom. The maximum Gasteiger partial charge on any atom is 0.433 e. The zero-order valence-corrected chi connectivity index (χ0v) is 15.1. The SMILES string of the molecule is O=C(CN1C2CC1CN(c1cc(C(F)(F)F)ncn1)C2)NCc1cccs1. The van der Waals surface area contributed by atoms with Gasteiger partial charge >= 0.3 is 6.18 Å². The summed E-state index contributed by atoms with van der Waals surface area (Å²) in [5.74, 6) is 0.252. The summed E-state index contributed by atoms with van der Waals surface area (Å²) in [4.78, 5) is 24.5. The third-order valence-corrected chi connectivity index (χ3v) is 5.85. The van der Waals surface area contributed by atoms with Crippen molar-refractivity contribution in [3.8, 4) is 0 Å². The van der Waals surface area contributed by atoms with E-state index in [1.54, 1.807) is 11.3 Å². The van der Waals surface area contributed by atoms with Gasteiger partial charge in [-0.2, -0.15) is 13.2 Å². The molecule has 2 atom stereocenters. The Morgan fingerprint density at radius 3 is 2.74 bits per heavy atom. The minimum Gasteiger partial charge on any atom is -0.353 e. The van der Waals surface area contributed by atoms with Crippen LogP contribution in [0.1, 0.15) is 17.0 Å². The number of anilines is 1. The first-order chi connectivity index (χ1) is 12.9. The van der Waals surface area contributed by atoms with Crippen LogP contribution in [0.3, 0.4) is 0 Å². The molecule has 6 nitrogen and oxygen atoms in total. The number of alkyl halides is 3. The van der Waals surface area contributed by atoms with Crippen molar-refractivity contribution < 1.29 is 18.0 Å². The van der Waals surface area contributed by atoms with E-state index >= 15 is 0 Å². The number of rotatable bonds is 5. The van der Waals surface area contributed by atoms with Crippen molar-refractivity contribution in [1.82, 2.24) is 20.2 Å². The highest BCUT2D eigenvalue weighted by atomic mass is 32.1. The number of amides is 1. The lowest BCUT2D eigenvalue weighted by molar-refractivity contribution is -0.141. The van der Waals surface area contributed by atoms with Gasteiger partial charge in [0, 0.05) is 36.1 Å². The van der Waals surface area contributed by atoms with Gasteiger partial charge in [-0.1, -0.05) is 6.07 Å². The number of piperidine rings is 1. The second kappa shape index (κ2) is 7.08. The van der Waals surface area contributed by atoms with E-state index in [0.717, 1.165) is 23.7 Å². The molecule has 0 aromatic carbocycles. The summed E-state index contributed by atoms with van der Waals surface area (Å²) in [5.41, 5.74) is -0.934. The smallest absolute Gasteiger partial charge is 0.353 e. The highest BCUT2D eigenvalue weighted by Crippen LogP contribution is 2.35. The molecule has 3 aliphatic rings.